The summed E-state index contributed by atoms with van der Waals surface area (Å²) in [6.45, 7) is 0.120. The second-order valence-corrected chi connectivity index (χ2v) is 3.20. The predicted molar refractivity (Wildman–Crippen MR) is 47.5 cm³/mol. The highest BCUT2D eigenvalue weighted by molar-refractivity contribution is 4.90. The average Bonchev–Trinajstić information content (AvgIpc) is 2.21. The molecule has 0 aliphatic carbocycles. The van der Waals surface area contributed by atoms with E-state index in [0.29, 0.717) is 0 Å². The fourth-order valence-corrected chi connectivity index (χ4v) is 1.54. The summed E-state index contributed by atoms with van der Waals surface area (Å²) in [5.74, 6) is 0. The Morgan fingerprint density at radius 2 is 1.86 bits per heavy atom. The van der Waals surface area contributed by atoms with E-state index >= 15 is 0 Å². The summed E-state index contributed by atoms with van der Waals surface area (Å²) in [7, 11) is 2.85. The first-order chi connectivity index (χ1) is 6.65. The maximum absolute atomic E-state index is 9.65. The van der Waals surface area contributed by atoms with Crippen LogP contribution in [0.15, 0.2) is 0 Å². The van der Waals surface area contributed by atoms with E-state index in [1.165, 1.54) is 14.2 Å². The van der Waals surface area contributed by atoms with Crippen LogP contribution in [-0.2, 0) is 14.2 Å². The molecular weight excluding hydrogens is 190 g/mol. The van der Waals surface area contributed by atoms with Gasteiger partial charge in [-0.05, 0) is 0 Å². The van der Waals surface area contributed by atoms with E-state index in [4.69, 9.17) is 19.9 Å². The number of methoxy groups -OCH3 is 2. The molecule has 1 aliphatic heterocycles. The highest BCUT2D eigenvalue weighted by Gasteiger charge is 2.44. The smallest absolute Gasteiger partial charge is 0.186 e. The van der Waals surface area contributed by atoms with Crippen LogP contribution in [0, 0.1) is 0 Å². The van der Waals surface area contributed by atoms with Gasteiger partial charge in [-0.1, -0.05) is 0 Å². The molecule has 4 N–H and O–H groups in total. The van der Waals surface area contributed by atoms with Crippen LogP contribution in [0.5, 0.6) is 0 Å². The van der Waals surface area contributed by atoms with Crippen molar-refractivity contribution in [2.75, 3.05) is 20.8 Å². The summed E-state index contributed by atoms with van der Waals surface area (Å²) < 4.78 is 15.2. The molecule has 0 radical (unpaired) electrons. The van der Waals surface area contributed by atoms with Crippen molar-refractivity contribution in [1.29, 1.82) is 0 Å². The number of rotatable bonds is 3. The minimum atomic E-state index is -1.05. The van der Waals surface area contributed by atoms with Crippen molar-refractivity contribution in [2.24, 2.45) is 5.73 Å². The van der Waals surface area contributed by atoms with Gasteiger partial charge in [0, 0.05) is 20.8 Å². The van der Waals surface area contributed by atoms with Gasteiger partial charge in [0.05, 0.1) is 0 Å². The summed E-state index contributed by atoms with van der Waals surface area (Å²) in [4.78, 5) is 0. The third-order valence-electron chi connectivity index (χ3n) is 2.38. The van der Waals surface area contributed by atoms with Crippen LogP contribution in [0.4, 0.5) is 0 Å². The Labute approximate surface area is 82.6 Å². The van der Waals surface area contributed by atoms with E-state index in [-0.39, 0.29) is 6.54 Å². The van der Waals surface area contributed by atoms with E-state index in [1.54, 1.807) is 0 Å². The van der Waals surface area contributed by atoms with Gasteiger partial charge in [-0.25, -0.2) is 0 Å². The Morgan fingerprint density at radius 1 is 1.21 bits per heavy atom. The SMILES string of the molecule is CO[C@H]1O[C@H](CN)[C@@H](O)[C@H](O)[C@H]1OC. The largest absolute Gasteiger partial charge is 0.388 e. The van der Waals surface area contributed by atoms with Gasteiger partial charge in [-0.3, -0.25) is 0 Å². The molecule has 84 valence electrons. The van der Waals surface area contributed by atoms with Crippen LogP contribution in [0.2, 0.25) is 0 Å². The lowest BCUT2D eigenvalue weighted by Crippen LogP contribution is -2.60. The summed E-state index contributed by atoms with van der Waals surface area (Å²) in [5.41, 5.74) is 5.37. The van der Waals surface area contributed by atoms with E-state index in [1.807, 2.05) is 0 Å². The molecule has 0 unspecified atom stereocenters. The summed E-state index contributed by atoms with van der Waals surface area (Å²) in [5, 5.41) is 19.2. The number of aliphatic hydroxyl groups is 2. The molecule has 1 rings (SSSR count). The second-order valence-electron chi connectivity index (χ2n) is 3.20. The van der Waals surface area contributed by atoms with Gasteiger partial charge in [-0.2, -0.15) is 0 Å². The van der Waals surface area contributed by atoms with Gasteiger partial charge in [0.15, 0.2) is 6.29 Å². The Bertz CT molecular complexity index is 177. The zero-order valence-electron chi connectivity index (χ0n) is 8.29. The Kier molecular flexibility index (Phi) is 4.24. The van der Waals surface area contributed by atoms with Crippen molar-refractivity contribution >= 4 is 0 Å². The minimum Gasteiger partial charge on any atom is -0.388 e. The first kappa shape index (κ1) is 11.8. The van der Waals surface area contributed by atoms with Crippen LogP contribution in [-0.4, -0.2) is 61.7 Å². The average molecular weight is 207 g/mol. The molecule has 6 heteroatoms. The first-order valence-corrected chi connectivity index (χ1v) is 4.43. The molecule has 1 heterocycles. The number of hydrogen-bond acceptors (Lipinski definition) is 6. The zero-order valence-corrected chi connectivity index (χ0v) is 8.29. The van der Waals surface area contributed by atoms with Gasteiger partial charge < -0.3 is 30.2 Å². The molecule has 1 aliphatic rings. The molecule has 0 bridgehead atoms. The van der Waals surface area contributed by atoms with Crippen molar-refractivity contribution in [3.63, 3.8) is 0 Å². The molecule has 0 aromatic heterocycles. The van der Waals surface area contributed by atoms with Gasteiger partial charge in [0.1, 0.15) is 24.4 Å². The van der Waals surface area contributed by atoms with E-state index in [2.05, 4.69) is 0 Å². The number of hydrogen-bond donors (Lipinski definition) is 3. The fourth-order valence-electron chi connectivity index (χ4n) is 1.54. The van der Waals surface area contributed by atoms with Gasteiger partial charge in [0.25, 0.3) is 0 Å². The van der Waals surface area contributed by atoms with Gasteiger partial charge in [-0.15, -0.1) is 0 Å². The third kappa shape index (κ3) is 2.05. The highest BCUT2D eigenvalue weighted by atomic mass is 16.7. The molecule has 1 saturated heterocycles. The summed E-state index contributed by atoms with van der Waals surface area (Å²) >= 11 is 0. The lowest BCUT2D eigenvalue weighted by Gasteiger charge is -2.40. The minimum absolute atomic E-state index is 0.120. The standard InChI is InChI=1S/C8H17NO5/c1-12-7-6(11)5(10)4(3-9)14-8(7)13-2/h4-8,10-11H,3,9H2,1-2H3/t4-,5-,6+,7-,8+/m1/s1. The van der Waals surface area contributed by atoms with Gasteiger partial charge in [0.2, 0.25) is 0 Å². The molecule has 1 fully saturated rings. The normalized spacial score (nSPS) is 43.9. The number of aliphatic hydroxyl groups excluding tert-OH is 2. The lowest BCUT2D eigenvalue weighted by molar-refractivity contribution is -0.292. The second kappa shape index (κ2) is 5.01. The van der Waals surface area contributed by atoms with Crippen molar-refractivity contribution < 1.29 is 24.4 Å². The quantitative estimate of drug-likeness (QED) is 0.498. The Hall–Kier alpha value is -0.240. The van der Waals surface area contributed by atoms with Gasteiger partial charge >= 0.3 is 0 Å². The molecule has 0 aromatic rings. The third-order valence-corrected chi connectivity index (χ3v) is 2.38. The first-order valence-electron chi connectivity index (χ1n) is 4.43. The molecule has 0 spiro atoms. The molecule has 0 aromatic carbocycles. The summed E-state index contributed by atoms with van der Waals surface area (Å²) in [6.07, 6.45) is -4.12. The highest BCUT2D eigenvalue weighted by Crippen LogP contribution is 2.22. The summed E-state index contributed by atoms with van der Waals surface area (Å²) in [6, 6.07) is 0. The number of nitrogens with two attached hydrogens (primary N) is 1. The maximum Gasteiger partial charge on any atom is 0.186 e. The zero-order chi connectivity index (χ0) is 10.7. The van der Waals surface area contributed by atoms with Crippen molar-refractivity contribution in [1.82, 2.24) is 0 Å². The molecule has 0 amide bonds. The van der Waals surface area contributed by atoms with Crippen molar-refractivity contribution in [2.45, 2.75) is 30.7 Å². The van der Waals surface area contributed by atoms with E-state index in [0.717, 1.165) is 0 Å². The fraction of sp³-hybridized carbons (Fsp3) is 1.00. The lowest BCUT2D eigenvalue weighted by atomic mass is 9.99. The molecule has 0 saturated carbocycles. The van der Waals surface area contributed by atoms with Crippen LogP contribution in [0.1, 0.15) is 0 Å². The van der Waals surface area contributed by atoms with E-state index < -0.39 is 30.7 Å². The molecule has 6 nitrogen and oxygen atoms in total. The number of ether oxygens (including phenoxy) is 3. The van der Waals surface area contributed by atoms with Crippen LogP contribution < -0.4 is 5.73 Å². The topological polar surface area (TPSA) is 94.2 Å². The van der Waals surface area contributed by atoms with E-state index in [9.17, 15) is 10.2 Å². The maximum atomic E-state index is 9.65. The van der Waals surface area contributed by atoms with Crippen molar-refractivity contribution in [3.8, 4) is 0 Å². The van der Waals surface area contributed by atoms with Crippen LogP contribution >= 0.6 is 0 Å². The van der Waals surface area contributed by atoms with Crippen molar-refractivity contribution in [3.05, 3.63) is 0 Å². The molecular formula is C8H17NO5. The van der Waals surface area contributed by atoms with Crippen LogP contribution in [0.3, 0.4) is 0 Å². The Balaban J connectivity index is 2.71. The molecule has 5 atom stereocenters. The predicted octanol–water partition coefficient (Wildman–Crippen LogP) is -1.95. The Morgan fingerprint density at radius 3 is 2.29 bits per heavy atom. The monoisotopic (exact) mass is 207 g/mol. The molecule has 14 heavy (non-hydrogen) atoms. The van der Waals surface area contributed by atoms with Crippen LogP contribution in [0.25, 0.3) is 0 Å².